The minimum atomic E-state index is -0.286. The van der Waals surface area contributed by atoms with Crippen LogP contribution in [0.2, 0.25) is 0 Å². The Balaban J connectivity index is 2.02. The lowest BCUT2D eigenvalue weighted by molar-refractivity contribution is -0.150. The molecule has 0 bridgehead atoms. The fraction of sp³-hybridized carbons (Fsp3) is 0.923. The Labute approximate surface area is 125 Å². The van der Waals surface area contributed by atoms with Gasteiger partial charge in [-0.25, -0.2) is 0 Å². The smallest absolute Gasteiger partial charge is 0.172 e. The normalized spacial score (nSPS) is 20.2. The van der Waals surface area contributed by atoms with E-state index in [-0.39, 0.29) is 10.8 Å². The highest BCUT2D eigenvalue weighted by atomic mass is 32.2. The van der Waals surface area contributed by atoms with Crippen molar-refractivity contribution in [2.24, 2.45) is 5.10 Å². The standard InChI is InChI=1S/C13H26N2O2S2/c1-3-4-5-6-7-8-9-17-15-13(19-11-14-15)18-10-12(2)16/h11-13,16H,3-10H2,1-2H3. The molecule has 1 heterocycles. The van der Waals surface area contributed by atoms with E-state index in [1.54, 1.807) is 41.2 Å². The second-order valence-electron chi connectivity index (χ2n) is 4.75. The average molecular weight is 306 g/mol. The second-order valence-corrected chi connectivity index (χ2v) is 7.09. The first-order valence-electron chi connectivity index (χ1n) is 7.13. The zero-order chi connectivity index (χ0) is 13.9. The molecule has 0 saturated heterocycles. The Morgan fingerprint density at radius 1 is 1.37 bits per heavy atom. The molecule has 0 aromatic carbocycles. The quantitative estimate of drug-likeness (QED) is 0.590. The number of hydrogen-bond acceptors (Lipinski definition) is 6. The summed E-state index contributed by atoms with van der Waals surface area (Å²) in [5, 5.41) is 15.1. The molecule has 0 aliphatic carbocycles. The largest absolute Gasteiger partial charge is 0.393 e. The number of unbranched alkanes of at least 4 members (excludes halogenated alkanes) is 5. The maximum absolute atomic E-state index is 9.29. The van der Waals surface area contributed by atoms with Crippen LogP contribution in [-0.2, 0) is 4.84 Å². The van der Waals surface area contributed by atoms with Crippen LogP contribution < -0.4 is 0 Å². The van der Waals surface area contributed by atoms with E-state index in [1.807, 2.05) is 0 Å². The van der Waals surface area contributed by atoms with Gasteiger partial charge in [-0.3, -0.25) is 4.84 Å². The van der Waals surface area contributed by atoms with Gasteiger partial charge in [0.1, 0.15) is 0 Å². The van der Waals surface area contributed by atoms with E-state index in [9.17, 15) is 5.11 Å². The maximum atomic E-state index is 9.29. The minimum Gasteiger partial charge on any atom is -0.393 e. The van der Waals surface area contributed by atoms with Crippen molar-refractivity contribution in [2.75, 3.05) is 12.4 Å². The highest BCUT2D eigenvalue weighted by Gasteiger charge is 2.23. The van der Waals surface area contributed by atoms with Crippen molar-refractivity contribution in [3.63, 3.8) is 0 Å². The summed E-state index contributed by atoms with van der Waals surface area (Å²) < 4.78 is 0.148. The lowest BCUT2D eigenvalue weighted by Crippen LogP contribution is -2.24. The molecule has 2 unspecified atom stereocenters. The molecule has 112 valence electrons. The highest BCUT2D eigenvalue weighted by Crippen LogP contribution is 2.31. The number of rotatable bonds is 11. The van der Waals surface area contributed by atoms with Crippen molar-refractivity contribution < 1.29 is 9.94 Å². The predicted molar refractivity (Wildman–Crippen MR) is 85.2 cm³/mol. The molecule has 1 rings (SSSR count). The predicted octanol–water partition coefficient (Wildman–Crippen LogP) is 3.67. The van der Waals surface area contributed by atoms with Crippen molar-refractivity contribution in [1.82, 2.24) is 5.17 Å². The van der Waals surface area contributed by atoms with Crippen LogP contribution in [0.4, 0.5) is 0 Å². The van der Waals surface area contributed by atoms with Gasteiger partial charge in [0.2, 0.25) is 0 Å². The molecule has 1 N–H and O–H groups in total. The van der Waals surface area contributed by atoms with Crippen molar-refractivity contribution in [2.45, 2.75) is 63.2 Å². The third kappa shape index (κ3) is 8.07. The van der Waals surface area contributed by atoms with Crippen molar-refractivity contribution >= 4 is 29.1 Å². The highest BCUT2D eigenvalue weighted by molar-refractivity contribution is 8.24. The molecule has 1 aliphatic heterocycles. The lowest BCUT2D eigenvalue weighted by atomic mass is 10.1. The molecule has 0 aromatic heterocycles. The van der Waals surface area contributed by atoms with E-state index < -0.39 is 0 Å². The van der Waals surface area contributed by atoms with Gasteiger partial charge in [0.25, 0.3) is 0 Å². The Kier molecular flexibility index (Phi) is 9.77. The molecule has 0 amide bonds. The van der Waals surface area contributed by atoms with Gasteiger partial charge in [0.15, 0.2) is 4.71 Å². The number of nitrogens with zero attached hydrogens (tertiary/aromatic N) is 2. The molecule has 0 fully saturated rings. The second kappa shape index (κ2) is 10.8. The molecule has 0 saturated carbocycles. The molecule has 19 heavy (non-hydrogen) atoms. The van der Waals surface area contributed by atoms with Gasteiger partial charge in [-0.15, -0.1) is 16.9 Å². The van der Waals surface area contributed by atoms with Crippen LogP contribution in [-0.4, -0.2) is 39.0 Å². The van der Waals surface area contributed by atoms with Gasteiger partial charge in [-0.1, -0.05) is 50.8 Å². The summed E-state index contributed by atoms with van der Waals surface area (Å²) in [6, 6.07) is 0. The molecule has 0 radical (unpaired) electrons. The van der Waals surface area contributed by atoms with E-state index in [2.05, 4.69) is 12.0 Å². The summed E-state index contributed by atoms with van der Waals surface area (Å²) >= 11 is 3.29. The van der Waals surface area contributed by atoms with Crippen LogP contribution in [0.3, 0.4) is 0 Å². The summed E-state index contributed by atoms with van der Waals surface area (Å²) in [5.41, 5.74) is 1.81. The number of aliphatic hydroxyl groups is 1. The molecule has 4 nitrogen and oxygen atoms in total. The number of hydrogen-bond donors (Lipinski definition) is 1. The van der Waals surface area contributed by atoms with E-state index in [1.165, 1.54) is 32.1 Å². The van der Waals surface area contributed by atoms with Crippen LogP contribution >= 0.6 is 23.5 Å². The third-order valence-electron chi connectivity index (χ3n) is 2.72. The van der Waals surface area contributed by atoms with Gasteiger partial charge in [-0.05, 0) is 13.3 Å². The number of hydrazone groups is 1. The van der Waals surface area contributed by atoms with Crippen LogP contribution in [0.25, 0.3) is 0 Å². The summed E-state index contributed by atoms with van der Waals surface area (Å²) in [5.74, 6) is 0.706. The zero-order valence-electron chi connectivity index (χ0n) is 12.0. The molecule has 1 aliphatic rings. The number of hydroxylamine groups is 1. The van der Waals surface area contributed by atoms with E-state index in [0.29, 0.717) is 5.75 Å². The van der Waals surface area contributed by atoms with Crippen LogP contribution in [0.15, 0.2) is 5.10 Å². The first-order valence-corrected chi connectivity index (χ1v) is 9.13. The summed E-state index contributed by atoms with van der Waals surface area (Å²) in [6.45, 7) is 4.77. The minimum absolute atomic E-state index is 0.148. The lowest BCUT2D eigenvalue weighted by Gasteiger charge is -2.21. The fourth-order valence-corrected chi connectivity index (χ4v) is 3.55. The average Bonchev–Trinajstić information content (AvgIpc) is 2.83. The van der Waals surface area contributed by atoms with Crippen molar-refractivity contribution in [3.05, 3.63) is 0 Å². The van der Waals surface area contributed by atoms with E-state index in [0.717, 1.165) is 13.0 Å². The summed E-state index contributed by atoms with van der Waals surface area (Å²) in [7, 11) is 0. The van der Waals surface area contributed by atoms with Gasteiger partial charge in [0, 0.05) is 5.75 Å². The first-order chi connectivity index (χ1) is 9.24. The maximum Gasteiger partial charge on any atom is 0.172 e. The fourth-order valence-electron chi connectivity index (χ4n) is 1.69. The molecule has 6 heteroatoms. The number of aliphatic hydroxyl groups excluding tert-OH is 1. The Morgan fingerprint density at radius 3 is 2.84 bits per heavy atom. The van der Waals surface area contributed by atoms with Crippen LogP contribution in [0, 0.1) is 0 Å². The third-order valence-corrected chi connectivity index (χ3v) is 5.23. The Hall–Kier alpha value is 0.0900. The Morgan fingerprint density at radius 2 is 2.11 bits per heavy atom. The van der Waals surface area contributed by atoms with Crippen LogP contribution in [0.5, 0.6) is 0 Å². The Bertz CT molecular complexity index is 253. The van der Waals surface area contributed by atoms with Crippen LogP contribution in [0.1, 0.15) is 52.4 Å². The molecular weight excluding hydrogens is 280 g/mol. The van der Waals surface area contributed by atoms with Crippen molar-refractivity contribution in [3.8, 4) is 0 Å². The number of thioether (sulfide) groups is 2. The van der Waals surface area contributed by atoms with Gasteiger partial charge < -0.3 is 5.11 Å². The van der Waals surface area contributed by atoms with E-state index >= 15 is 0 Å². The molecular formula is C13H26N2O2S2. The first kappa shape index (κ1) is 17.1. The summed E-state index contributed by atoms with van der Waals surface area (Å²) in [6.07, 6.45) is 7.30. The van der Waals surface area contributed by atoms with E-state index in [4.69, 9.17) is 4.84 Å². The molecule has 0 spiro atoms. The van der Waals surface area contributed by atoms with Crippen molar-refractivity contribution in [1.29, 1.82) is 0 Å². The van der Waals surface area contributed by atoms with Gasteiger partial charge in [0.05, 0.1) is 18.3 Å². The SMILES string of the molecule is CCCCCCCCON1N=CSC1SCC(C)O. The summed E-state index contributed by atoms with van der Waals surface area (Å²) in [4.78, 5) is 5.67. The molecule has 2 atom stereocenters. The van der Waals surface area contributed by atoms with Gasteiger partial charge in [-0.2, -0.15) is 5.10 Å². The zero-order valence-corrected chi connectivity index (χ0v) is 13.6. The van der Waals surface area contributed by atoms with Gasteiger partial charge >= 0.3 is 0 Å². The monoisotopic (exact) mass is 306 g/mol. The topological polar surface area (TPSA) is 45.1 Å². The molecule has 0 aromatic rings.